The molecule has 0 rings (SSSR count). The molecule has 0 bridgehead atoms. The lowest BCUT2D eigenvalue weighted by atomic mass is 9.97. The van der Waals surface area contributed by atoms with Crippen LogP contribution in [0.5, 0.6) is 0 Å². The Balaban J connectivity index is 0. The lowest BCUT2D eigenvalue weighted by Gasteiger charge is -2.20. The second kappa shape index (κ2) is 13.5. The zero-order valence-electron chi connectivity index (χ0n) is 13.4. The van der Waals surface area contributed by atoms with E-state index in [1.54, 1.807) is 0 Å². The summed E-state index contributed by atoms with van der Waals surface area (Å²) >= 11 is 0. The molecular weight excluding hydrogens is 310 g/mol. The summed E-state index contributed by atoms with van der Waals surface area (Å²) in [6, 6.07) is 0. The molecule has 0 radical (unpaired) electrons. The molecule has 0 aliphatic heterocycles. The Morgan fingerprint density at radius 2 is 1.73 bits per heavy atom. The van der Waals surface area contributed by atoms with Crippen molar-refractivity contribution < 1.29 is 24.2 Å². The highest BCUT2D eigenvalue weighted by Gasteiger charge is 2.29. The fourth-order valence-electron chi connectivity index (χ4n) is 2.00. The average molecular weight is 338 g/mol. The zero-order chi connectivity index (χ0) is 16.3. The third-order valence-electron chi connectivity index (χ3n) is 3.36. The highest BCUT2D eigenvalue weighted by Crippen LogP contribution is 2.15. The smallest absolute Gasteiger partial charge is 0.310 e. The van der Waals surface area contributed by atoms with Gasteiger partial charge in [-0.3, -0.25) is 14.4 Å². The highest BCUT2D eigenvalue weighted by molar-refractivity contribution is 5.85. The van der Waals surface area contributed by atoms with Gasteiger partial charge in [0.1, 0.15) is 17.8 Å². The number of nitrogens with two attached hydrogens (primary N) is 1. The quantitative estimate of drug-likeness (QED) is 0.418. The summed E-state index contributed by atoms with van der Waals surface area (Å²) in [5.41, 5.74) is 5.18. The van der Waals surface area contributed by atoms with Crippen LogP contribution in [-0.2, 0) is 19.1 Å². The Hall–Kier alpha value is -1.14. The van der Waals surface area contributed by atoms with Gasteiger partial charge in [-0.2, -0.15) is 0 Å². The van der Waals surface area contributed by atoms with Gasteiger partial charge in [0.15, 0.2) is 0 Å². The van der Waals surface area contributed by atoms with Gasteiger partial charge >= 0.3 is 11.9 Å². The van der Waals surface area contributed by atoms with E-state index in [1.165, 1.54) is 6.92 Å². The number of halogens is 1. The van der Waals surface area contributed by atoms with Crippen molar-refractivity contribution >= 4 is 30.1 Å². The standard InChI is InChI=1S/C15H27NO5.ClH/c1-3-4-5-6-7-8-14(18)21-11(2)13(15(19)20)9-12(17)10-16;/h11,13H,3-10,16H2,1-2H3,(H,19,20);1H. The van der Waals surface area contributed by atoms with E-state index in [4.69, 9.17) is 15.6 Å². The van der Waals surface area contributed by atoms with Gasteiger partial charge in [-0.25, -0.2) is 0 Å². The molecular formula is C15H28ClNO5. The molecule has 0 saturated carbocycles. The third kappa shape index (κ3) is 10.6. The van der Waals surface area contributed by atoms with Gasteiger partial charge in [0.05, 0.1) is 6.54 Å². The summed E-state index contributed by atoms with van der Waals surface area (Å²) < 4.78 is 5.11. The van der Waals surface area contributed by atoms with Crippen LogP contribution >= 0.6 is 12.4 Å². The number of carboxylic acids is 1. The van der Waals surface area contributed by atoms with Crippen molar-refractivity contribution in [1.82, 2.24) is 0 Å². The molecule has 0 aromatic carbocycles. The zero-order valence-corrected chi connectivity index (χ0v) is 14.2. The number of carbonyl (C=O) groups excluding carboxylic acids is 2. The lowest BCUT2D eigenvalue weighted by molar-refractivity contribution is -0.159. The second-order valence-electron chi connectivity index (χ2n) is 5.25. The number of rotatable bonds is 12. The van der Waals surface area contributed by atoms with E-state index in [9.17, 15) is 14.4 Å². The number of ketones is 1. The van der Waals surface area contributed by atoms with E-state index in [2.05, 4.69) is 6.92 Å². The largest absolute Gasteiger partial charge is 0.481 e. The van der Waals surface area contributed by atoms with Gasteiger partial charge < -0.3 is 15.6 Å². The Morgan fingerprint density at radius 3 is 2.23 bits per heavy atom. The summed E-state index contributed by atoms with van der Waals surface area (Å²) in [4.78, 5) is 34.0. The van der Waals surface area contributed by atoms with Crippen molar-refractivity contribution in [2.24, 2.45) is 11.7 Å². The van der Waals surface area contributed by atoms with Crippen LogP contribution in [-0.4, -0.2) is 35.5 Å². The predicted molar refractivity (Wildman–Crippen MR) is 86.0 cm³/mol. The minimum absolute atomic E-state index is 0. The van der Waals surface area contributed by atoms with Crippen LogP contribution in [0.4, 0.5) is 0 Å². The van der Waals surface area contributed by atoms with Gasteiger partial charge in [-0.15, -0.1) is 12.4 Å². The molecule has 2 unspecified atom stereocenters. The van der Waals surface area contributed by atoms with Crippen molar-refractivity contribution in [3.05, 3.63) is 0 Å². The van der Waals surface area contributed by atoms with Gasteiger partial charge in [-0.1, -0.05) is 32.6 Å². The van der Waals surface area contributed by atoms with Crippen LogP contribution in [0, 0.1) is 5.92 Å². The fourth-order valence-corrected chi connectivity index (χ4v) is 2.00. The van der Waals surface area contributed by atoms with Crippen molar-refractivity contribution in [2.75, 3.05) is 6.54 Å². The molecule has 0 aromatic heterocycles. The molecule has 0 aliphatic rings. The van der Waals surface area contributed by atoms with E-state index >= 15 is 0 Å². The van der Waals surface area contributed by atoms with E-state index in [1.807, 2.05) is 0 Å². The van der Waals surface area contributed by atoms with Crippen molar-refractivity contribution in [1.29, 1.82) is 0 Å². The Labute approximate surface area is 138 Å². The van der Waals surface area contributed by atoms with E-state index in [0.29, 0.717) is 0 Å². The van der Waals surface area contributed by atoms with Crippen LogP contribution in [0.2, 0.25) is 0 Å². The maximum absolute atomic E-state index is 11.6. The molecule has 0 aromatic rings. The number of Topliss-reactive ketones (excluding diaryl/α,β-unsaturated/α-hetero) is 1. The molecule has 7 heteroatoms. The summed E-state index contributed by atoms with van der Waals surface area (Å²) in [5, 5.41) is 9.09. The first kappa shape index (κ1) is 23.1. The monoisotopic (exact) mass is 337 g/mol. The van der Waals surface area contributed by atoms with Crippen LogP contribution in [0.1, 0.15) is 58.8 Å². The summed E-state index contributed by atoms with van der Waals surface area (Å²) in [7, 11) is 0. The van der Waals surface area contributed by atoms with Crippen molar-refractivity contribution in [2.45, 2.75) is 64.9 Å². The van der Waals surface area contributed by atoms with Crippen LogP contribution in [0.25, 0.3) is 0 Å². The Bertz CT molecular complexity index is 349. The second-order valence-corrected chi connectivity index (χ2v) is 5.25. The van der Waals surface area contributed by atoms with E-state index in [-0.39, 0.29) is 37.6 Å². The van der Waals surface area contributed by atoms with Gasteiger partial charge in [0, 0.05) is 12.8 Å². The van der Waals surface area contributed by atoms with Crippen LogP contribution < -0.4 is 5.73 Å². The Kier molecular flexibility index (Phi) is 14.2. The molecule has 22 heavy (non-hydrogen) atoms. The number of ether oxygens (including phenoxy) is 1. The van der Waals surface area contributed by atoms with E-state index < -0.39 is 24.0 Å². The number of hydrogen-bond donors (Lipinski definition) is 2. The van der Waals surface area contributed by atoms with Gasteiger partial charge in [0.25, 0.3) is 0 Å². The molecule has 6 nitrogen and oxygen atoms in total. The molecule has 2 atom stereocenters. The number of carbonyl (C=O) groups is 3. The number of esters is 1. The van der Waals surface area contributed by atoms with Crippen molar-refractivity contribution in [3.8, 4) is 0 Å². The highest BCUT2D eigenvalue weighted by atomic mass is 35.5. The van der Waals surface area contributed by atoms with Crippen LogP contribution in [0.3, 0.4) is 0 Å². The normalized spacial score (nSPS) is 12.9. The average Bonchev–Trinajstić information content (AvgIpc) is 2.43. The first-order valence-electron chi connectivity index (χ1n) is 7.56. The van der Waals surface area contributed by atoms with Gasteiger partial charge in [0.2, 0.25) is 0 Å². The third-order valence-corrected chi connectivity index (χ3v) is 3.36. The number of hydrogen-bond acceptors (Lipinski definition) is 5. The first-order chi connectivity index (χ1) is 9.92. The summed E-state index contributed by atoms with van der Waals surface area (Å²) in [6.07, 6.45) is 4.31. The molecule has 0 aliphatic carbocycles. The number of aliphatic carboxylic acids is 1. The molecule has 0 fully saturated rings. The molecule has 3 N–H and O–H groups in total. The molecule has 0 spiro atoms. The minimum Gasteiger partial charge on any atom is -0.481 e. The topological polar surface area (TPSA) is 107 Å². The number of carboxylic acid groups (broad SMARTS) is 1. The van der Waals surface area contributed by atoms with Crippen molar-refractivity contribution in [3.63, 3.8) is 0 Å². The fraction of sp³-hybridized carbons (Fsp3) is 0.800. The summed E-state index contributed by atoms with van der Waals surface area (Å²) in [5.74, 6) is -2.96. The molecule has 0 amide bonds. The van der Waals surface area contributed by atoms with Gasteiger partial charge in [-0.05, 0) is 13.3 Å². The summed E-state index contributed by atoms with van der Waals surface area (Å²) in [6.45, 7) is 3.41. The van der Waals surface area contributed by atoms with Crippen LogP contribution in [0.15, 0.2) is 0 Å². The molecule has 0 saturated heterocycles. The molecule has 130 valence electrons. The predicted octanol–water partition coefficient (Wildman–Crippen LogP) is 2.32. The molecule has 0 heterocycles. The SMILES string of the molecule is CCCCCCCC(=O)OC(C)C(CC(=O)CN)C(=O)O.Cl. The van der Waals surface area contributed by atoms with E-state index in [0.717, 1.165) is 32.1 Å². The Morgan fingerprint density at radius 1 is 1.14 bits per heavy atom. The minimum atomic E-state index is -1.15. The first-order valence-corrected chi connectivity index (χ1v) is 7.56. The maximum atomic E-state index is 11.6. The lowest BCUT2D eigenvalue weighted by Crippen LogP contribution is -2.33. The maximum Gasteiger partial charge on any atom is 0.310 e. The number of unbranched alkanes of at least 4 members (excludes halogenated alkanes) is 4.